The second-order valence-corrected chi connectivity index (χ2v) is 8.31. The minimum Gasteiger partial charge on any atom is -0.379 e. The van der Waals surface area contributed by atoms with Gasteiger partial charge in [0.05, 0.1) is 18.7 Å². The van der Waals surface area contributed by atoms with Gasteiger partial charge in [0.1, 0.15) is 18.9 Å². The third-order valence-corrected chi connectivity index (χ3v) is 6.35. The standard InChI is InChI=1S/C26H27N4O/c31-26(23-11-5-9-20-7-1-3-10-22(20)23)30(17-6-13-25-28-14-15-29-25)18-16-27-24-12-4-2-8-21(24)19-30/h1-5,7-12,14-15,27H,6,13,16-19H2,(H,28,29)/q+1. The fourth-order valence-corrected chi connectivity index (χ4v) is 4.76. The predicted octanol–water partition coefficient (Wildman–Crippen LogP) is 4.78. The summed E-state index contributed by atoms with van der Waals surface area (Å²) in [5, 5.41) is 5.68. The Morgan fingerprint density at radius 2 is 1.84 bits per heavy atom. The zero-order chi connectivity index (χ0) is 21.1. The highest BCUT2D eigenvalue weighted by atomic mass is 16.2. The summed E-state index contributed by atoms with van der Waals surface area (Å²) in [6.45, 7) is 3.01. The quantitative estimate of drug-likeness (QED) is 0.465. The maximum absolute atomic E-state index is 14.2. The van der Waals surface area contributed by atoms with Gasteiger partial charge in [-0.15, -0.1) is 0 Å². The van der Waals surface area contributed by atoms with E-state index in [1.54, 1.807) is 6.20 Å². The van der Waals surface area contributed by atoms with Crippen molar-refractivity contribution in [3.63, 3.8) is 0 Å². The number of aromatic amines is 1. The minimum atomic E-state index is 0.203. The zero-order valence-corrected chi connectivity index (χ0v) is 17.6. The van der Waals surface area contributed by atoms with E-state index in [0.717, 1.165) is 60.3 Å². The minimum absolute atomic E-state index is 0.203. The largest absolute Gasteiger partial charge is 0.379 e. The number of nitrogens with one attached hydrogen (secondary N) is 2. The highest BCUT2D eigenvalue weighted by Crippen LogP contribution is 2.30. The van der Waals surface area contributed by atoms with E-state index in [1.165, 1.54) is 5.56 Å². The number of imidazole rings is 1. The summed E-state index contributed by atoms with van der Waals surface area (Å²) in [4.78, 5) is 21.8. The Hall–Kier alpha value is -3.44. The molecule has 4 aromatic rings. The van der Waals surface area contributed by atoms with Crippen molar-refractivity contribution in [1.82, 2.24) is 9.97 Å². The Kier molecular flexibility index (Phi) is 5.26. The van der Waals surface area contributed by atoms with E-state index >= 15 is 0 Å². The summed E-state index contributed by atoms with van der Waals surface area (Å²) in [5.74, 6) is 1.18. The number of para-hydroxylation sites is 1. The number of amides is 1. The molecule has 5 nitrogen and oxygen atoms in total. The van der Waals surface area contributed by atoms with Crippen LogP contribution in [0.2, 0.25) is 0 Å². The second kappa shape index (κ2) is 8.36. The van der Waals surface area contributed by atoms with Gasteiger partial charge in [-0.25, -0.2) is 9.78 Å². The Bertz CT molecular complexity index is 1200. The van der Waals surface area contributed by atoms with E-state index < -0.39 is 0 Å². The van der Waals surface area contributed by atoms with E-state index in [-0.39, 0.29) is 5.91 Å². The number of H-pyrrole nitrogens is 1. The Labute approximate surface area is 182 Å². The molecule has 0 spiro atoms. The van der Waals surface area contributed by atoms with Gasteiger partial charge in [-0.05, 0) is 22.9 Å². The Morgan fingerprint density at radius 1 is 1.00 bits per heavy atom. The smallest absolute Gasteiger partial charge is 0.346 e. The molecule has 0 fully saturated rings. The molecule has 31 heavy (non-hydrogen) atoms. The number of fused-ring (bicyclic) bond motifs is 2. The highest BCUT2D eigenvalue weighted by Gasteiger charge is 2.39. The van der Waals surface area contributed by atoms with Crippen LogP contribution in [0.15, 0.2) is 79.1 Å². The summed E-state index contributed by atoms with van der Waals surface area (Å²) in [5.41, 5.74) is 3.15. The lowest BCUT2D eigenvalue weighted by Gasteiger charge is -2.35. The molecule has 1 aliphatic rings. The first kappa shape index (κ1) is 19.5. The molecule has 0 bridgehead atoms. The van der Waals surface area contributed by atoms with Crippen LogP contribution in [-0.2, 0) is 13.0 Å². The number of anilines is 1. The third kappa shape index (κ3) is 3.84. The van der Waals surface area contributed by atoms with Gasteiger partial charge in [-0.3, -0.25) is 4.48 Å². The molecule has 1 aromatic heterocycles. The van der Waals surface area contributed by atoms with Crippen LogP contribution in [0.4, 0.5) is 5.69 Å². The molecular formula is C26H27N4O+. The van der Waals surface area contributed by atoms with Crippen molar-refractivity contribution in [2.75, 3.05) is 25.0 Å². The van der Waals surface area contributed by atoms with Crippen LogP contribution in [-0.4, -0.2) is 40.0 Å². The normalized spacial score (nSPS) is 18.2. The van der Waals surface area contributed by atoms with E-state index in [1.807, 2.05) is 30.5 Å². The van der Waals surface area contributed by atoms with Crippen LogP contribution in [0.1, 0.15) is 28.2 Å². The van der Waals surface area contributed by atoms with Crippen molar-refractivity contribution >= 4 is 22.4 Å². The Balaban J connectivity index is 1.53. The summed E-state index contributed by atoms with van der Waals surface area (Å²) in [7, 11) is 0. The van der Waals surface area contributed by atoms with E-state index in [2.05, 4.69) is 57.7 Å². The maximum Gasteiger partial charge on any atom is 0.346 e. The monoisotopic (exact) mass is 411 g/mol. The fraction of sp³-hybridized carbons (Fsp3) is 0.231. The number of aromatic nitrogens is 2. The van der Waals surface area contributed by atoms with Crippen molar-refractivity contribution in [2.45, 2.75) is 19.4 Å². The van der Waals surface area contributed by atoms with Crippen LogP contribution in [0.3, 0.4) is 0 Å². The molecule has 156 valence electrons. The lowest BCUT2D eigenvalue weighted by Crippen LogP contribution is -2.54. The summed E-state index contributed by atoms with van der Waals surface area (Å²) >= 11 is 0. The third-order valence-electron chi connectivity index (χ3n) is 6.35. The lowest BCUT2D eigenvalue weighted by atomic mass is 10.0. The van der Waals surface area contributed by atoms with Crippen LogP contribution >= 0.6 is 0 Å². The first-order chi connectivity index (χ1) is 15.3. The molecule has 1 amide bonds. The molecule has 2 N–H and O–H groups in total. The first-order valence-electron chi connectivity index (χ1n) is 10.9. The van der Waals surface area contributed by atoms with Gasteiger partial charge in [-0.2, -0.15) is 0 Å². The van der Waals surface area contributed by atoms with Gasteiger partial charge in [-0.1, -0.05) is 54.6 Å². The van der Waals surface area contributed by atoms with Crippen LogP contribution in [0, 0.1) is 0 Å². The molecule has 5 heteroatoms. The van der Waals surface area contributed by atoms with Crippen LogP contribution in [0.25, 0.3) is 10.8 Å². The first-order valence-corrected chi connectivity index (χ1v) is 10.9. The number of carbonyl (C=O) groups is 1. The van der Waals surface area contributed by atoms with Crippen molar-refractivity contribution in [2.24, 2.45) is 0 Å². The Morgan fingerprint density at radius 3 is 2.74 bits per heavy atom. The molecular weight excluding hydrogens is 384 g/mol. The number of quaternary nitrogens is 1. The second-order valence-electron chi connectivity index (χ2n) is 8.31. The summed E-state index contributed by atoms with van der Waals surface area (Å²) in [6.07, 6.45) is 5.37. The van der Waals surface area contributed by atoms with Crippen molar-refractivity contribution < 1.29 is 9.28 Å². The van der Waals surface area contributed by atoms with Crippen LogP contribution in [0.5, 0.6) is 0 Å². The number of nitrogens with zero attached hydrogens (tertiary/aromatic N) is 2. The molecule has 3 aromatic carbocycles. The van der Waals surface area contributed by atoms with Crippen molar-refractivity contribution in [3.8, 4) is 0 Å². The molecule has 5 rings (SSSR count). The number of rotatable bonds is 5. The van der Waals surface area contributed by atoms with Crippen LogP contribution < -0.4 is 5.32 Å². The highest BCUT2D eigenvalue weighted by molar-refractivity contribution is 6.04. The zero-order valence-electron chi connectivity index (χ0n) is 17.6. The SMILES string of the molecule is O=C(c1cccc2ccccc12)[N+]1(CCCc2ncc[nH]2)CCNc2ccccc2C1. The van der Waals surface area contributed by atoms with Gasteiger partial charge in [0.15, 0.2) is 0 Å². The molecule has 0 aliphatic carbocycles. The number of carbonyl (C=O) groups excluding carboxylic acids is 1. The molecule has 1 aliphatic heterocycles. The van der Waals surface area contributed by atoms with E-state index in [4.69, 9.17) is 0 Å². The summed E-state index contributed by atoms with van der Waals surface area (Å²) in [6, 6.07) is 22.6. The lowest BCUT2D eigenvalue weighted by molar-refractivity contribution is -0.860. The molecule has 0 saturated heterocycles. The number of aryl methyl sites for hydroxylation is 1. The topological polar surface area (TPSA) is 57.8 Å². The van der Waals surface area contributed by atoms with Gasteiger partial charge in [0.2, 0.25) is 0 Å². The van der Waals surface area contributed by atoms with Gasteiger partial charge >= 0.3 is 5.91 Å². The number of hydrogen-bond acceptors (Lipinski definition) is 3. The van der Waals surface area contributed by atoms with E-state index in [9.17, 15) is 4.79 Å². The molecule has 1 unspecified atom stereocenters. The van der Waals surface area contributed by atoms with Gasteiger partial charge in [0.25, 0.3) is 0 Å². The maximum atomic E-state index is 14.2. The van der Waals surface area contributed by atoms with E-state index in [0.29, 0.717) is 11.0 Å². The van der Waals surface area contributed by atoms with Crippen molar-refractivity contribution in [3.05, 3.63) is 96.1 Å². The molecule has 0 radical (unpaired) electrons. The number of hydrogen-bond donors (Lipinski definition) is 2. The molecule has 1 atom stereocenters. The van der Waals surface area contributed by atoms with Crippen molar-refractivity contribution in [1.29, 1.82) is 0 Å². The number of benzene rings is 3. The average molecular weight is 412 g/mol. The molecule has 0 saturated carbocycles. The average Bonchev–Trinajstić information content (AvgIpc) is 3.25. The van der Waals surface area contributed by atoms with Gasteiger partial charge in [0, 0.05) is 36.5 Å². The van der Waals surface area contributed by atoms with Gasteiger partial charge < -0.3 is 10.3 Å². The summed E-state index contributed by atoms with van der Waals surface area (Å²) < 4.78 is 0.415. The predicted molar refractivity (Wildman–Crippen MR) is 124 cm³/mol. The molecule has 2 heterocycles. The fourth-order valence-electron chi connectivity index (χ4n) is 4.76.